The Balaban J connectivity index is 1.78. The number of hydrogen-bond acceptors (Lipinski definition) is 3. The van der Waals surface area contributed by atoms with Gasteiger partial charge in [0.1, 0.15) is 6.61 Å². The molecule has 0 aliphatic heterocycles. The summed E-state index contributed by atoms with van der Waals surface area (Å²) in [6, 6.07) is 7.75. The molecule has 0 aromatic heterocycles. The van der Waals surface area contributed by atoms with Gasteiger partial charge in [-0.15, -0.1) is 0 Å². The highest BCUT2D eigenvalue weighted by atomic mass is 16.5. The van der Waals surface area contributed by atoms with Crippen molar-refractivity contribution >= 4 is 11.6 Å². The van der Waals surface area contributed by atoms with Crippen molar-refractivity contribution in [1.29, 1.82) is 0 Å². The second-order valence-electron chi connectivity index (χ2n) is 5.54. The molecule has 1 fully saturated rings. The first-order chi connectivity index (χ1) is 9.69. The van der Waals surface area contributed by atoms with E-state index in [1.807, 2.05) is 31.2 Å². The van der Waals surface area contributed by atoms with Gasteiger partial charge in [0.15, 0.2) is 0 Å². The SMILES string of the molecule is Cc1ccc(NC(=O)COC2CCCCC2CN)cc1. The maximum atomic E-state index is 11.9. The van der Waals surface area contributed by atoms with Gasteiger partial charge in [-0.3, -0.25) is 4.79 Å². The highest BCUT2D eigenvalue weighted by molar-refractivity contribution is 5.91. The topological polar surface area (TPSA) is 64.3 Å². The van der Waals surface area contributed by atoms with E-state index in [-0.39, 0.29) is 18.6 Å². The Morgan fingerprint density at radius 2 is 2.00 bits per heavy atom. The lowest BCUT2D eigenvalue weighted by molar-refractivity contribution is -0.124. The smallest absolute Gasteiger partial charge is 0.250 e. The van der Waals surface area contributed by atoms with Gasteiger partial charge in [0.25, 0.3) is 0 Å². The highest BCUT2D eigenvalue weighted by Crippen LogP contribution is 2.25. The van der Waals surface area contributed by atoms with Crippen LogP contribution in [0, 0.1) is 12.8 Å². The number of nitrogens with one attached hydrogen (secondary N) is 1. The lowest BCUT2D eigenvalue weighted by Gasteiger charge is -2.30. The van der Waals surface area contributed by atoms with Gasteiger partial charge in [0.05, 0.1) is 6.10 Å². The lowest BCUT2D eigenvalue weighted by atomic mass is 9.86. The summed E-state index contributed by atoms with van der Waals surface area (Å²) < 4.78 is 5.75. The number of amides is 1. The highest BCUT2D eigenvalue weighted by Gasteiger charge is 2.25. The van der Waals surface area contributed by atoms with Crippen molar-refractivity contribution in [1.82, 2.24) is 0 Å². The third-order valence-corrected chi connectivity index (χ3v) is 3.91. The molecule has 110 valence electrons. The minimum absolute atomic E-state index is 0.102. The number of carbonyl (C=O) groups is 1. The van der Waals surface area contributed by atoms with Gasteiger partial charge >= 0.3 is 0 Å². The Labute approximate surface area is 120 Å². The molecule has 2 unspecified atom stereocenters. The van der Waals surface area contributed by atoms with Crippen LogP contribution in [0.1, 0.15) is 31.2 Å². The number of nitrogens with two attached hydrogens (primary N) is 1. The molecule has 2 rings (SSSR count). The van der Waals surface area contributed by atoms with Crippen LogP contribution in [0.2, 0.25) is 0 Å². The van der Waals surface area contributed by atoms with E-state index in [1.165, 1.54) is 18.4 Å². The van der Waals surface area contributed by atoms with Gasteiger partial charge in [-0.2, -0.15) is 0 Å². The monoisotopic (exact) mass is 276 g/mol. The molecule has 0 bridgehead atoms. The first-order valence-electron chi connectivity index (χ1n) is 7.37. The molecule has 3 N–H and O–H groups in total. The zero-order chi connectivity index (χ0) is 14.4. The van der Waals surface area contributed by atoms with E-state index in [4.69, 9.17) is 10.5 Å². The zero-order valence-electron chi connectivity index (χ0n) is 12.1. The molecular formula is C16H24N2O2. The summed E-state index contributed by atoms with van der Waals surface area (Å²) in [4.78, 5) is 11.9. The number of hydrogen-bond donors (Lipinski definition) is 2. The Bertz CT molecular complexity index is 431. The van der Waals surface area contributed by atoms with Crippen LogP contribution in [-0.4, -0.2) is 25.2 Å². The van der Waals surface area contributed by atoms with Gasteiger partial charge in [0.2, 0.25) is 5.91 Å². The van der Waals surface area contributed by atoms with Gasteiger partial charge in [-0.25, -0.2) is 0 Å². The molecule has 1 aliphatic rings. The normalized spacial score (nSPS) is 22.5. The standard InChI is InChI=1S/C16H24N2O2/c1-12-6-8-14(9-7-12)18-16(19)11-20-15-5-3-2-4-13(15)10-17/h6-9,13,15H,2-5,10-11,17H2,1H3,(H,18,19). The van der Waals surface area contributed by atoms with E-state index < -0.39 is 0 Å². The van der Waals surface area contributed by atoms with Crippen LogP contribution >= 0.6 is 0 Å². The molecule has 0 spiro atoms. The quantitative estimate of drug-likeness (QED) is 0.868. The Morgan fingerprint density at radius 1 is 1.30 bits per heavy atom. The van der Waals surface area contributed by atoms with Crippen molar-refractivity contribution in [2.24, 2.45) is 11.7 Å². The van der Waals surface area contributed by atoms with Crippen LogP contribution in [0.25, 0.3) is 0 Å². The minimum Gasteiger partial charge on any atom is -0.368 e. The van der Waals surface area contributed by atoms with Crippen molar-refractivity contribution in [3.63, 3.8) is 0 Å². The van der Waals surface area contributed by atoms with Crippen molar-refractivity contribution in [3.05, 3.63) is 29.8 Å². The molecule has 2 atom stereocenters. The fourth-order valence-electron chi connectivity index (χ4n) is 2.68. The van der Waals surface area contributed by atoms with E-state index >= 15 is 0 Å². The van der Waals surface area contributed by atoms with E-state index in [1.54, 1.807) is 0 Å². The number of ether oxygens (including phenoxy) is 1. The summed E-state index contributed by atoms with van der Waals surface area (Å²) in [7, 11) is 0. The number of aryl methyl sites for hydroxylation is 1. The number of carbonyl (C=O) groups excluding carboxylic acids is 1. The van der Waals surface area contributed by atoms with Crippen LogP contribution in [0.15, 0.2) is 24.3 Å². The maximum Gasteiger partial charge on any atom is 0.250 e. The molecule has 4 nitrogen and oxygen atoms in total. The summed E-state index contributed by atoms with van der Waals surface area (Å²) in [5.74, 6) is 0.297. The Morgan fingerprint density at radius 3 is 2.70 bits per heavy atom. The minimum atomic E-state index is -0.102. The molecule has 1 amide bonds. The zero-order valence-corrected chi connectivity index (χ0v) is 12.1. The summed E-state index contributed by atoms with van der Waals surface area (Å²) in [6.07, 6.45) is 4.65. The Hall–Kier alpha value is -1.39. The van der Waals surface area contributed by atoms with E-state index in [9.17, 15) is 4.79 Å². The van der Waals surface area contributed by atoms with Crippen molar-refractivity contribution in [2.45, 2.75) is 38.7 Å². The first-order valence-corrected chi connectivity index (χ1v) is 7.37. The second kappa shape index (κ2) is 7.41. The lowest BCUT2D eigenvalue weighted by Crippen LogP contribution is -2.35. The largest absolute Gasteiger partial charge is 0.368 e. The molecular weight excluding hydrogens is 252 g/mol. The summed E-state index contributed by atoms with van der Waals surface area (Å²) in [5, 5.41) is 2.85. The summed E-state index contributed by atoms with van der Waals surface area (Å²) in [6.45, 7) is 2.77. The predicted octanol–water partition coefficient (Wildman–Crippen LogP) is 2.47. The average Bonchev–Trinajstić information content (AvgIpc) is 2.48. The average molecular weight is 276 g/mol. The fraction of sp³-hybridized carbons (Fsp3) is 0.562. The van der Waals surface area contributed by atoms with Crippen LogP contribution in [0.5, 0.6) is 0 Å². The predicted molar refractivity (Wildman–Crippen MR) is 80.6 cm³/mol. The van der Waals surface area contributed by atoms with Crippen molar-refractivity contribution in [2.75, 3.05) is 18.5 Å². The molecule has 0 radical (unpaired) electrons. The van der Waals surface area contributed by atoms with Crippen LogP contribution in [-0.2, 0) is 9.53 Å². The molecule has 1 aromatic rings. The number of anilines is 1. The summed E-state index contributed by atoms with van der Waals surface area (Å²) >= 11 is 0. The molecule has 1 aliphatic carbocycles. The number of benzene rings is 1. The van der Waals surface area contributed by atoms with E-state index in [0.29, 0.717) is 12.5 Å². The van der Waals surface area contributed by atoms with Crippen molar-refractivity contribution < 1.29 is 9.53 Å². The molecule has 0 heterocycles. The second-order valence-corrected chi connectivity index (χ2v) is 5.54. The van der Waals surface area contributed by atoms with Gasteiger partial charge in [-0.05, 0) is 44.4 Å². The molecule has 0 saturated heterocycles. The third-order valence-electron chi connectivity index (χ3n) is 3.91. The maximum absolute atomic E-state index is 11.9. The first kappa shape index (κ1) is 15.0. The molecule has 1 saturated carbocycles. The van der Waals surface area contributed by atoms with E-state index in [0.717, 1.165) is 18.5 Å². The van der Waals surface area contributed by atoms with Gasteiger partial charge < -0.3 is 15.8 Å². The summed E-state index contributed by atoms with van der Waals surface area (Å²) in [5.41, 5.74) is 7.74. The van der Waals surface area contributed by atoms with Crippen LogP contribution in [0.3, 0.4) is 0 Å². The Kier molecular flexibility index (Phi) is 5.56. The number of rotatable bonds is 5. The molecule has 4 heteroatoms. The van der Waals surface area contributed by atoms with Gasteiger partial charge in [-0.1, -0.05) is 30.5 Å². The molecule has 1 aromatic carbocycles. The van der Waals surface area contributed by atoms with Crippen LogP contribution < -0.4 is 11.1 Å². The van der Waals surface area contributed by atoms with Crippen molar-refractivity contribution in [3.8, 4) is 0 Å². The van der Waals surface area contributed by atoms with Crippen LogP contribution in [0.4, 0.5) is 5.69 Å². The van der Waals surface area contributed by atoms with Gasteiger partial charge in [0, 0.05) is 5.69 Å². The third kappa shape index (κ3) is 4.32. The van der Waals surface area contributed by atoms with E-state index in [2.05, 4.69) is 5.32 Å². The fourth-order valence-corrected chi connectivity index (χ4v) is 2.68. The molecule has 20 heavy (non-hydrogen) atoms.